The van der Waals surface area contributed by atoms with Crippen LogP contribution in [-0.2, 0) is 0 Å². The summed E-state index contributed by atoms with van der Waals surface area (Å²) in [5.74, 6) is 0.206. The summed E-state index contributed by atoms with van der Waals surface area (Å²) >= 11 is 7.23. The van der Waals surface area contributed by atoms with Crippen molar-refractivity contribution in [2.75, 3.05) is 13.1 Å². The van der Waals surface area contributed by atoms with Crippen molar-refractivity contribution < 1.29 is 19.2 Å². The molecule has 176 valence electrons. The van der Waals surface area contributed by atoms with E-state index in [4.69, 9.17) is 16.3 Å². The summed E-state index contributed by atoms with van der Waals surface area (Å²) < 4.78 is 5.93. The zero-order valence-electron chi connectivity index (χ0n) is 18.1. The van der Waals surface area contributed by atoms with Gasteiger partial charge in [0.2, 0.25) is 0 Å². The number of hydrogen-bond acceptors (Lipinski definition) is 6. The number of halogens is 1. The summed E-state index contributed by atoms with van der Waals surface area (Å²) in [6, 6.07) is 18.4. The number of ether oxygens (including phenoxy) is 1. The van der Waals surface area contributed by atoms with Gasteiger partial charge in [-0.15, -0.1) is 11.3 Å². The van der Waals surface area contributed by atoms with Crippen LogP contribution in [0.1, 0.15) is 34.1 Å². The second-order valence-electron chi connectivity index (χ2n) is 7.91. The zero-order chi connectivity index (χ0) is 24.1. The van der Waals surface area contributed by atoms with E-state index in [0.29, 0.717) is 35.1 Å². The number of rotatable bonds is 6. The van der Waals surface area contributed by atoms with Crippen LogP contribution in [-0.4, -0.2) is 34.9 Å². The fourth-order valence-electron chi connectivity index (χ4n) is 4.00. The number of piperidine rings is 1. The largest absolute Gasteiger partial charge is 0.415 e. The highest BCUT2D eigenvalue weighted by molar-refractivity contribution is 7.18. The third-order valence-corrected chi connectivity index (χ3v) is 6.99. The van der Waals surface area contributed by atoms with Gasteiger partial charge < -0.3 is 15.0 Å². The third kappa shape index (κ3) is 5.73. The second kappa shape index (κ2) is 10.7. The van der Waals surface area contributed by atoms with Gasteiger partial charge in [0.1, 0.15) is 5.75 Å². The lowest BCUT2D eigenvalue weighted by atomic mass is 9.85. The van der Waals surface area contributed by atoms with Crippen molar-refractivity contribution in [3.05, 3.63) is 91.6 Å². The van der Waals surface area contributed by atoms with Crippen LogP contribution in [0.2, 0.25) is 4.34 Å². The first kappa shape index (κ1) is 23.7. The smallest absolute Gasteiger partial charge is 0.410 e. The lowest BCUT2D eigenvalue weighted by Crippen LogP contribution is -2.44. The standard InChI is InChI=1S/C24H22ClN3O5S/c25-21-11-10-20(34-21)23(29)26-22(16-4-2-1-3-5-16)17-12-14-27(15-13-17)24(30)33-19-8-6-18(7-9-19)28(31)32/h1-11,17,22H,12-15H2,(H,26,29)/t22-/m1/s1. The Kier molecular flexibility index (Phi) is 7.44. The van der Waals surface area contributed by atoms with Crippen molar-refractivity contribution in [1.82, 2.24) is 10.2 Å². The molecule has 1 atom stereocenters. The number of nitrogens with zero attached hydrogens (tertiary/aromatic N) is 2. The van der Waals surface area contributed by atoms with Gasteiger partial charge in [0.15, 0.2) is 0 Å². The molecule has 1 aliphatic heterocycles. The molecule has 2 heterocycles. The fourth-order valence-corrected chi connectivity index (χ4v) is 4.95. The molecule has 2 aromatic carbocycles. The Morgan fingerprint density at radius 2 is 1.74 bits per heavy atom. The van der Waals surface area contributed by atoms with Gasteiger partial charge in [-0.1, -0.05) is 41.9 Å². The van der Waals surface area contributed by atoms with E-state index in [1.807, 2.05) is 30.3 Å². The van der Waals surface area contributed by atoms with Crippen molar-refractivity contribution in [2.24, 2.45) is 5.92 Å². The molecule has 1 saturated heterocycles. The number of nitrogens with one attached hydrogen (secondary N) is 1. The molecule has 1 fully saturated rings. The normalized spacial score (nSPS) is 14.9. The van der Waals surface area contributed by atoms with Crippen molar-refractivity contribution in [3.8, 4) is 5.75 Å². The van der Waals surface area contributed by atoms with Crippen LogP contribution in [0.5, 0.6) is 5.75 Å². The molecule has 4 rings (SSSR count). The summed E-state index contributed by atoms with van der Waals surface area (Å²) in [6.07, 6.45) is 0.863. The predicted octanol–water partition coefficient (Wildman–Crippen LogP) is 5.69. The fraction of sp³-hybridized carbons (Fsp3) is 0.250. The highest BCUT2D eigenvalue weighted by Gasteiger charge is 2.31. The summed E-state index contributed by atoms with van der Waals surface area (Å²) in [5, 5.41) is 13.9. The van der Waals surface area contributed by atoms with Crippen LogP contribution in [0.15, 0.2) is 66.7 Å². The lowest BCUT2D eigenvalue weighted by Gasteiger charge is -2.36. The molecule has 34 heavy (non-hydrogen) atoms. The summed E-state index contributed by atoms with van der Waals surface area (Å²) in [7, 11) is 0. The molecule has 0 bridgehead atoms. The van der Waals surface area contributed by atoms with Gasteiger partial charge >= 0.3 is 6.09 Å². The minimum absolute atomic E-state index is 0.0700. The first-order valence-corrected chi connectivity index (χ1v) is 11.9. The molecule has 1 aliphatic rings. The van der Waals surface area contributed by atoms with Crippen LogP contribution in [0.3, 0.4) is 0 Å². The molecule has 0 aliphatic carbocycles. The number of carbonyl (C=O) groups is 2. The Morgan fingerprint density at radius 1 is 1.06 bits per heavy atom. The van der Waals surface area contributed by atoms with Gasteiger partial charge in [-0.3, -0.25) is 14.9 Å². The topological polar surface area (TPSA) is 102 Å². The van der Waals surface area contributed by atoms with Gasteiger partial charge in [-0.25, -0.2) is 4.79 Å². The van der Waals surface area contributed by atoms with E-state index in [1.54, 1.807) is 17.0 Å². The van der Waals surface area contributed by atoms with E-state index in [1.165, 1.54) is 35.6 Å². The van der Waals surface area contributed by atoms with Crippen molar-refractivity contribution in [1.29, 1.82) is 0 Å². The molecule has 10 heteroatoms. The SMILES string of the molecule is O=C(N[C@H](c1ccccc1)C1CCN(C(=O)Oc2ccc([N+](=O)[O-])cc2)CC1)c1ccc(Cl)s1. The molecule has 8 nitrogen and oxygen atoms in total. The van der Waals surface area contributed by atoms with Crippen molar-refractivity contribution in [2.45, 2.75) is 18.9 Å². The molecular weight excluding hydrogens is 478 g/mol. The zero-order valence-corrected chi connectivity index (χ0v) is 19.6. The van der Waals surface area contributed by atoms with Gasteiger partial charge in [0.05, 0.1) is 20.2 Å². The summed E-state index contributed by atoms with van der Waals surface area (Å²) in [5.41, 5.74) is 0.935. The van der Waals surface area contributed by atoms with Gasteiger partial charge in [-0.2, -0.15) is 0 Å². The first-order chi connectivity index (χ1) is 16.4. The van der Waals surface area contributed by atoms with Crippen molar-refractivity contribution in [3.63, 3.8) is 0 Å². The van der Waals surface area contributed by atoms with E-state index in [2.05, 4.69) is 5.32 Å². The van der Waals surface area contributed by atoms with Crippen LogP contribution in [0.4, 0.5) is 10.5 Å². The third-order valence-electron chi connectivity index (χ3n) is 5.76. The minimum Gasteiger partial charge on any atom is -0.410 e. The molecule has 0 saturated carbocycles. The summed E-state index contributed by atoms with van der Waals surface area (Å²) in [6.45, 7) is 0.945. The number of amides is 2. The number of carbonyl (C=O) groups excluding carboxylic acids is 2. The summed E-state index contributed by atoms with van der Waals surface area (Å²) in [4.78, 5) is 37.9. The number of thiophene rings is 1. The van der Waals surface area contributed by atoms with Gasteiger partial charge in [-0.05, 0) is 48.6 Å². The van der Waals surface area contributed by atoms with Gasteiger partial charge in [0, 0.05) is 25.2 Å². The lowest BCUT2D eigenvalue weighted by molar-refractivity contribution is -0.384. The number of non-ortho nitro benzene ring substituents is 1. The molecular formula is C24H22ClN3O5S. The maximum absolute atomic E-state index is 12.8. The number of benzene rings is 2. The Labute approximate surface area is 205 Å². The molecule has 2 amide bonds. The Bertz CT molecular complexity index is 1160. The number of nitro benzene ring substituents is 1. The second-order valence-corrected chi connectivity index (χ2v) is 9.62. The molecule has 0 unspecified atom stereocenters. The Morgan fingerprint density at radius 3 is 2.32 bits per heavy atom. The van der Waals surface area contributed by atoms with E-state index < -0.39 is 11.0 Å². The highest BCUT2D eigenvalue weighted by atomic mass is 35.5. The van der Waals surface area contributed by atoms with Crippen LogP contribution in [0.25, 0.3) is 0 Å². The molecule has 1 aromatic heterocycles. The quantitative estimate of drug-likeness (QED) is 0.346. The maximum atomic E-state index is 12.8. The highest BCUT2D eigenvalue weighted by Crippen LogP contribution is 2.32. The first-order valence-electron chi connectivity index (χ1n) is 10.7. The van der Waals surface area contributed by atoms with Crippen LogP contribution in [0, 0.1) is 16.0 Å². The van der Waals surface area contributed by atoms with E-state index in [0.717, 1.165) is 5.56 Å². The maximum Gasteiger partial charge on any atom is 0.415 e. The van der Waals surface area contributed by atoms with Gasteiger partial charge in [0.25, 0.3) is 11.6 Å². The van der Waals surface area contributed by atoms with Crippen LogP contribution < -0.4 is 10.1 Å². The van der Waals surface area contributed by atoms with Crippen molar-refractivity contribution >= 4 is 40.6 Å². The minimum atomic E-state index is -0.509. The van der Waals surface area contributed by atoms with E-state index >= 15 is 0 Å². The Balaban J connectivity index is 1.39. The van der Waals surface area contributed by atoms with E-state index in [-0.39, 0.29) is 29.3 Å². The monoisotopic (exact) mass is 499 g/mol. The average Bonchev–Trinajstić information content (AvgIpc) is 3.30. The number of nitro groups is 1. The average molecular weight is 500 g/mol. The molecule has 3 aromatic rings. The number of likely N-dealkylation sites (tertiary alicyclic amines) is 1. The predicted molar refractivity (Wildman–Crippen MR) is 129 cm³/mol. The molecule has 1 N–H and O–H groups in total. The molecule has 0 radical (unpaired) electrons. The van der Waals surface area contributed by atoms with E-state index in [9.17, 15) is 19.7 Å². The Hall–Kier alpha value is -3.43. The van der Waals surface area contributed by atoms with Crippen LogP contribution >= 0.6 is 22.9 Å². The molecule has 0 spiro atoms. The number of hydrogen-bond donors (Lipinski definition) is 1.